The molecule has 0 rings (SSSR count). The van der Waals surface area contributed by atoms with Crippen LogP contribution in [0.1, 0.15) is 155 Å². The van der Waals surface area contributed by atoms with Gasteiger partial charge in [-0.05, 0) is 77.0 Å². The largest absolute Gasteiger partial charge is 0.469 e. The second kappa shape index (κ2) is 35.7. The average Bonchev–Trinajstić information content (AvgIpc) is 3.11. The lowest BCUT2D eigenvalue weighted by Crippen LogP contribution is -2.30. The van der Waals surface area contributed by atoms with Gasteiger partial charge < -0.3 is 29.5 Å². The highest BCUT2D eigenvalue weighted by Gasteiger charge is 2.23. The number of hydrogen-bond donors (Lipinski definition) is 4. The third-order valence-corrected chi connectivity index (χ3v) is 8.72. The molecule has 0 heterocycles. The van der Waals surface area contributed by atoms with Gasteiger partial charge in [-0.3, -0.25) is 14.1 Å². The Hall–Kier alpha value is -2.33. The van der Waals surface area contributed by atoms with Gasteiger partial charge in [-0.25, -0.2) is 4.57 Å². The zero-order chi connectivity index (χ0) is 38.5. The molecule has 52 heavy (non-hydrogen) atoms. The maximum atomic E-state index is 12.4. The Morgan fingerprint density at radius 2 is 1.12 bits per heavy atom. The van der Waals surface area contributed by atoms with Crippen molar-refractivity contribution < 1.29 is 48.2 Å². The molecule has 0 saturated carbocycles. The van der Waals surface area contributed by atoms with Crippen LogP contribution in [-0.4, -0.2) is 63.5 Å². The maximum Gasteiger partial charge on any atom is 0.469 e. The van der Waals surface area contributed by atoms with Gasteiger partial charge in [-0.15, -0.1) is 0 Å². The van der Waals surface area contributed by atoms with Gasteiger partial charge in [0.1, 0.15) is 6.61 Å². The van der Waals surface area contributed by atoms with Crippen molar-refractivity contribution in [3.8, 4) is 0 Å². The van der Waals surface area contributed by atoms with Crippen molar-refractivity contribution in [2.45, 2.75) is 173 Å². The van der Waals surface area contributed by atoms with E-state index in [0.29, 0.717) is 6.42 Å². The average molecular weight is 755 g/mol. The molecule has 2 unspecified atom stereocenters. The third kappa shape index (κ3) is 36.0. The van der Waals surface area contributed by atoms with Gasteiger partial charge in [0.2, 0.25) is 0 Å². The van der Waals surface area contributed by atoms with E-state index in [1.165, 1.54) is 44.9 Å². The van der Waals surface area contributed by atoms with Crippen LogP contribution < -0.4 is 0 Å². The first-order valence-corrected chi connectivity index (χ1v) is 21.3. The van der Waals surface area contributed by atoms with Crippen molar-refractivity contribution in [3.05, 3.63) is 60.8 Å². The monoisotopic (exact) mass is 754 g/mol. The molecule has 3 atom stereocenters. The molecule has 11 heteroatoms. The molecule has 0 bridgehead atoms. The van der Waals surface area contributed by atoms with Crippen molar-refractivity contribution >= 4 is 19.8 Å². The number of phosphoric acid groups is 1. The third-order valence-electron chi connectivity index (χ3n) is 8.24. The molecule has 0 aliphatic carbocycles. The molecule has 0 fully saturated rings. The van der Waals surface area contributed by atoms with Crippen LogP contribution in [0.25, 0.3) is 0 Å². The van der Waals surface area contributed by atoms with Gasteiger partial charge in [-0.2, -0.15) is 0 Å². The van der Waals surface area contributed by atoms with Crippen LogP contribution in [0, 0.1) is 0 Å². The molecule has 0 amide bonds. The molecule has 0 spiro atoms. The molecule has 0 aromatic heterocycles. The fraction of sp³-hybridized carbons (Fsp3) is 0.707. The van der Waals surface area contributed by atoms with Gasteiger partial charge >= 0.3 is 19.8 Å². The van der Waals surface area contributed by atoms with Crippen molar-refractivity contribution in [1.29, 1.82) is 0 Å². The summed E-state index contributed by atoms with van der Waals surface area (Å²) in [7, 11) is -4.84. The maximum absolute atomic E-state index is 12.4. The van der Waals surface area contributed by atoms with Gasteiger partial charge in [0, 0.05) is 12.8 Å². The van der Waals surface area contributed by atoms with Gasteiger partial charge in [-0.1, -0.05) is 126 Å². The highest BCUT2D eigenvalue weighted by Crippen LogP contribution is 2.36. The molecular formula is C41H71O10P. The predicted octanol–water partition coefficient (Wildman–Crippen LogP) is 9.68. The van der Waals surface area contributed by atoms with Crippen LogP contribution in [0.15, 0.2) is 60.8 Å². The fourth-order valence-corrected chi connectivity index (χ4v) is 5.47. The number of rotatable bonds is 35. The summed E-state index contributed by atoms with van der Waals surface area (Å²) >= 11 is 0. The van der Waals surface area contributed by atoms with E-state index in [1.807, 2.05) is 12.2 Å². The molecule has 10 nitrogen and oxygen atoms in total. The number of carbonyl (C=O) groups is 2. The molecule has 300 valence electrons. The number of phosphoric ester groups is 1. The van der Waals surface area contributed by atoms with Crippen molar-refractivity contribution in [2.75, 3.05) is 13.2 Å². The standard InChI is InChI=1S/C41H71O10P/c1-3-5-7-9-11-13-15-17-18-19-21-23-25-27-29-33-40(44)49-35-37(36-50-52(46,47)48)51-41(45)34-30-32-39(43)38(42)31-28-26-24-22-20-16-14-12-10-8-6-4-2/h12-15,17-18,20,22,26,28,37-39,42-43H,3-11,16,19,21,23-25,27,29-36H2,1-2H3,(H2,46,47,48)/b14-12-,15-13-,18-17-,22-20-,28-26-/t37-,38?,39?/m1/s1. The zero-order valence-electron chi connectivity index (χ0n) is 32.2. The molecule has 0 aliphatic heterocycles. The van der Waals surface area contributed by atoms with Crippen LogP contribution in [-0.2, 0) is 28.2 Å². The molecule has 0 radical (unpaired) electrons. The number of carbonyl (C=O) groups excluding carboxylic acids is 2. The number of aliphatic hydroxyl groups excluding tert-OH is 2. The summed E-state index contributed by atoms with van der Waals surface area (Å²) < 4.78 is 26.1. The van der Waals surface area contributed by atoms with Crippen molar-refractivity contribution in [3.63, 3.8) is 0 Å². The van der Waals surface area contributed by atoms with Gasteiger partial charge in [0.15, 0.2) is 6.10 Å². The Morgan fingerprint density at radius 3 is 1.77 bits per heavy atom. The number of aliphatic hydroxyl groups is 2. The van der Waals surface area contributed by atoms with Crippen LogP contribution in [0.3, 0.4) is 0 Å². The van der Waals surface area contributed by atoms with E-state index in [1.54, 1.807) is 0 Å². The Labute approximate surface area is 314 Å². The summed E-state index contributed by atoms with van der Waals surface area (Å²) in [6.45, 7) is 3.36. The Kier molecular flexibility index (Phi) is 34.1. The quantitative estimate of drug-likeness (QED) is 0.0161. The summed E-state index contributed by atoms with van der Waals surface area (Å²) in [4.78, 5) is 42.8. The van der Waals surface area contributed by atoms with E-state index in [2.05, 4.69) is 67.0 Å². The van der Waals surface area contributed by atoms with Crippen LogP contribution >= 0.6 is 7.82 Å². The van der Waals surface area contributed by atoms with E-state index in [4.69, 9.17) is 19.3 Å². The number of allylic oxidation sites excluding steroid dienone is 9. The van der Waals surface area contributed by atoms with Crippen molar-refractivity contribution in [2.24, 2.45) is 0 Å². The Morgan fingerprint density at radius 1 is 0.596 bits per heavy atom. The smallest absolute Gasteiger partial charge is 0.462 e. The minimum Gasteiger partial charge on any atom is -0.462 e. The topological polar surface area (TPSA) is 160 Å². The van der Waals surface area contributed by atoms with E-state index >= 15 is 0 Å². The van der Waals surface area contributed by atoms with E-state index in [0.717, 1.165) is 57.8 Å². The highest BCUT2D eigenvalue weighted by atomic mass is 31.2. The highest BCUT2D eigenvalue weighted by molar-refractivity contribution is 7.46. The molecule has 0 aromatic rings. The minimum atomic E-state index is -4.84. The Balaban J connectivity index is 4.26. The first-order valence-electron chi connectivity index (χ1n) is 19.8. The number of ether oxygens (including phenoxy) is 2. The van der Waals surface area contributed by atoms with E-state index in [9.17, 15) is 24.4 Å². The summed E-state index contributed by atoms with van der Waals surface area (Å²) in [5, 5.41) is 20.5. The lowest BCUT2D eigenvalue weighted by molar-refractivity contribution is -0.161. The van der Waals surface area contributed by atoms with Crippen LogP contribution in [0.2, 0.25) is 0 Å². The second-order valence-electron chi connectivity index (χ2n) is 13.2. The molecular weight excluding hydrogens is 683 g/mol. The summed E-state index contributed by atoms with van der Waals surface area (Å²) in [5.74, 6) is -1.19. The fourth-order valence-electron chi connectivity index (χ4n) is 5.11. The SMILES string of the molecule is CCCCC/C=C\C/C=C\C/C=C\CC(O)C(O)CCCC(=O)O[C@H](COC(=O)CCCCCCC/C=C\C=C/CCCCCC)COP(=O)(O)O. The zero-order valence-corrected chi connectivity index (χ0v) is 33.1. The molecule has 0 aliphatic rings. The lowest BCUT2D eigenvalue weighted by atomic mass is 10.0. The first-order chi connectivity index (χ1) is 25.1. The van der Waals surface area contributed by atoms with Crippen molar-refractivity contribution in [1.82, 2.24) is 0 Å². The minimum absolute atomic E-state index is 0.108. The van der Waals surface area contributed by atoms with Crippen LogP contribution in [0.4, 0.5) is 0 Å². The predicted molar refractivity (Wildman–Crippen MR) is 209 cm³/mol. The van der Waals surface area contributed by atoms with Gasteiger partial charge in [0.05, 0.1) is 18.8 Å². The van der Waals surface area contributed by atoms with E-state index in [-0.39, 0.29) is 32.1 Å². The summed E-state index contributed by atoms with van der Waals surface area (Å²) in [5.41, 5.74) is 0. The summed E-state index contributed by atoms with van der Waals surface area (Å²) in [6, 6.07) is 0. The molecule has 0 saturated heterocycles. The molecule has 0 aromatic carbocycles. The lowest BCUT2D eigenvalue weighted by Gasteiger charge is -2.19. The number of unbranched alkanes of at least 4 members (excludes halogenated alkanes) is 12. The van der Waals surface area contributed by atoms with E-state index < -0.39 is 51.3 Å². The number of hydrogen-bond acceptors (Lipinski definition) is 8. The normalized spacial score (nSPS) is 14.3. The first kappa shape index (κ1) is 49.7. The summed E-state index contributed by atoms with van der Waals surface area (Å²) in [6.07, 6.45) is 36.8. The number of esters is 2. The van der Waals surface area contributed by atoms with Crippen LogP contribution in [0.5, 0.6) is 0 Å². The van der Waals surface area contributed by atoms with Gasteiger partial charge in [0.25, 0.3) is 0 Å². The second-order valence-corrected chi connectivity index (χ2v) is 14.5. The molecule has 4 N–H and O–H groups in total. The Bertz CT molecular complexity index is 1060.